The maximum atomic E-state index is 13.6. The maximum Gasteiger partial charge on any atom is 0.254 e. The molecule has 0 aromatic heterocycles. The number of hydrogen-bond acceptors (Lipinski definition) is 4. The quantitative estimate of drug-likeness (QED) is 0.258. The highest BCUT2D eigenvalue weighted by Gasteiger charge is 2.22. The summed E-state index contributed by atoms with van der Waals surface area (Å²) in [6.45, 7) is 2.14. The van der Waals surface area contributed by atoms with Crippen molar-refractivity contribution in [2.45, 2.75) is 19.8 Å². The van der Waals surface area contributed by atoms with Gasteiger partial charge in [-0.2, -0.15) is 0 Å². The smallest absolute Gasteiger partial charge is 0.254 e. The number of amides is 1. The van der Waals surface area contributed by atoms with Gasteiger partial charge in [-0.05, 0) is 48.7 Å². The highest BCUT2D eigenvalue weighted by atomic mass is 32.1. The first-order chi connectivity index (χ1) is 17.2. The molecule has 0 atom stereocenters. The van der Waals surface area contributed by atoms with E-state index in [-0.39, 0.29) is 11.7 Å². The van der Waals surface area contributed by atoms with Gasteiger partial charge in [0, 0.05) is 78.0 Å². The molecular weight excluding hydrogens is 466 g/mol. The molecule has 2 aromatic rings. The lowest BCUT2D eigenvalue weighted by molar-refractivity contribution is -0.117. The molecule has 0 radical (unpaired) electrons. The fraction of sp³-hybridized carbons (Fsp3) is 0.300. The molecule has 186 valence electrons. The third-order valence-corrected chi connectivity index (χ3v) is 7.63. The van der Waals surface area contributed by atoms with E-state index in [9.17, 15) is 9.59 Å². The number of Topliss-reactive ketones (excluding diaryl/α,β-unsaturated/α-hetero) is 1. The Balaban J connectivity index is 1.95. The lowest BCUT2D eigenvalue weighted by Crippen LogP contribution is -2.28. The SMILES string of the molecule is CC(=O)CCCN(C)C(=O)c1ccccc1-c1c2ccc(=[N+](C)C)cc-2sc2cc(N(C)C)ccc12. The number of carbonyl (C=O) groups is 2. The van der Waals surface area contributed by atoms with Crippen LogP contribution >= 0.6 is 11.3 Å². The molecule has 0 spiro atoms. The van der Waals surface area contributed by atoms with Gasteiger partial charge in [0.2, 0.25) is 5.36 Å². The minimum atomic E-state index is -0.0298. The third kappa shape index (κ3) is 5.19. The van der Waals surface area contributed by atoms with Crippen molar-refractivity contribution >= 4 is 38.8 Å². The first kappa shape index (κ1) is 25.6. The van der Waals surface area contributed by atoms with Gasteiger partial charge in [0.1, 0.15) is 19.9 Å². The zero-order valence-corrected chi connectivity index (χ0v) is 22.8. The lowest BCUT2D eigenvalue weighted by Gasteiger charge is -2.22. The van der Waals surface area contributed by atoms with Gasteiger partial charge < -0.3 is 14.6 Å². The first-order valence-corrected chi connectivity index (χ1v) is 13.0. The maximum absolute atomic E-state index is 13.6. The fourth-order valence-corrected chi connectivity index (χ4v) is 5.63. The van der Waals surface area contributed by atoms with E-state index in [0.29, 0.717) is 24.9 Å². The topological polar surface area (TPSA) is 43.6 Å². The first-order valence-electron chi connectivity index (χ1n) is 12.2. The summed E-state index contributed by atoms with van der Waals surface area (Å²) in [5.74, 6) is 0.117. The summed E-state index contributed by atoms with van der Waals surface area (Å²) >= 11 is 1.78. The number of hydrogen-bond donors (Lipinski definition) is 0. The summed E-state index contributed by atoms with van der Waals surface area (Å²) in [6, 6.07) is 21.0. The summed E-state index contributed by atoms with van der Waals surface area (Å²) in [5, 5.41) is 2.28. The average Bonchev–Trinajstić information content (AvgIpc) is 2.85. The van der Waals surface area contributed by atoms with Crippen LogP contribution in [-0.2, 0) is 4.79 Å². The summed E-state index contributed by atoms with van der Waals surface area (Å²) in [4.78, 5) is 30.0. The van der Waals surface area contributed by atoms with Gasteiger partial charge in [-0.25, -0.2) is 4.58 Å². The molecule has 0 unspecified atom stereocenters. The molecule has 5 nitrogen and oxygen atoms in total. The molecule has 0 bridgehead atoms. The Hall–Kier alpha value is -3.51. The number of carbonyl (C=O) groups excluding carboxylic acids is 2. The summed E-state index contributed by atoms with van der Waals surface area (Å²) in [7, 11) is 10.0. The Labute approximate surface area is 217 Å². The molecule has 1 aliphatic heterocycles. The standard InChI is InChI=1S/C30H34N3O2S/c1-20(34)10-9-17-33(6)30(35)24-12-8-7-11-23(24)29-25-15-13-21(31(2)3)18-27(25)36-28-19-22(32(4)5)14-16-26(28)29/h7-8,11-16,18-19H,9-10,17H2,1-6H3/q+1. The summed E-state index contributed by atoms with van der Waals surface area (Å²) in [6.07, 6.45) is 1.15. The molecule has 2 aromatic carbocycles. The van der Waals surface area contributed by atoms with Gasteiger partial charge in [0.05, 0.1) is 0 Å². The molecular formula is C30H34N3O2S+. The molecule has 4 rings (SSSR count). The summed E-state index contributed by atoms with van der Waals surface area (Å²) < 4.78 is 3.29. The Morgan fingerprint density at radius 2 is 1.67 bits per heavy atom. The highest BCUT2D eigenvalue weighted by molar-refractivity contribution is 7.21. The molecule has 0 fully saturated rings. The number of rotatable bonds is 7. The van der Waals surface area contributed by atoms with Crippen LogP contribution < -0.4 is 14.8 Å². The van der Waals surface area contributed by atoms with Crippen molar-refractivity contribution in [2.24, 2.45) is 0 Å². The normalized spacial score (nSPS) is 11.1. The molecule has 1 aliphatic carbocycles. The van der Waals surface area contributed by atoms with Crippen molar-refractivity contribution in [3.8, 4) is 21.6 Å². The Morgan fingerprint density at radius 1 is 0.917 bits per heavy atom. The van der Waals surface area contributed by atoms with Crippen LogP contribution in [0.1, 0.15) is 30.1 Å². The third-order valence-electron chi connectivity index (χ3n) is 6.52. The highest BCUT2D eigenvalue weighted by Crippen LogP contribution is 2.44. The van der Waals surface area contributed by atoms with E-state index in [1.54, 1.807) is 23.2 Å². The second kappa shape index (κ2) is 10.6. The Kier molecular flexibility index (Phi) is 7.55. The molecule has 0 saturated heterocycles. The molecule has 1 heterocycles. The number of benzene rings is 3. The zero-order chi connectivity index (χ0) is 26.0. The second-order valence-electron chi connectivity index (χ2n) is 9.70. The van der Waals surface area contributed by atoms with Gasteiger partial charge in [0.25, 0.3) is 5.91 Å². The van der Waals surface area contributed by atoms with Gasteiger partial charge in [0.15, 0.2) is 0 Å². The molecule has 0 saturated carbocycles. The van der Waals surface area contributed by atoms with Crippen LogP contribution in [0.2, 0.25) is 0 Å². The number of nitrogens with zero attached hydrogens (tertiary/aromatic N) is 3. The van der Waals surface area contributed by atoms with Gasteiger partial charge in [-0.15, -0.1) is 11.3 Å². The fourth-order valence-electron chi connectivity index (χ4n) is 4.47. The van der Waals surface area contributed by atoms with Crippen molar-refractivity contribution in [1.82, 2.24) is 9.48 Å². The van der Waals surface area contributed by atoms with Crippen LogP contribution in [-0.4, -0.2) is 58.4 Å². The van der Waals surface area contributed by atoms with Crippen LogP contribution in [0.15, 0.2) is 60.7 Å². The van der Waals surface area contributed by atoms with Gasteiger partial charge in [-0.1, -0.05) is 24.3 Å². The number of anilines is 1. The van der Waals surface area contributed by atoms with Crippen LogP contribution in [0.25, 0.3) is 31.7 Å². The number of fused-ring (bicyclic) bond motifs is 2. The summed E-state index contributed by atoms with van der Waals surface area (Å²) in [5.41, 5.74) is 4.96. The molecule has 36 heavy (non-hydrogen) atoms. The largest absolute Gasteiger partial charge is 0.378 e. The van der Waals surface area contributed by atoms with E-state index >= 15 is 0 Å². The van der Waals surface area contributed by atoms with E-state index in [0.717, 1.165) is 33.1 Å². The van der Waals surface area contributed by atoms with E-state index in [1.807, 2.05) is 53.4 Å². The predicted molar refractivity (Wildman–Crippen MR) is 152 cm³/mol. The minimum Gasteiger partial charge on any atom is -0.378 e. The van der Waals surface area contributed by atoms with Crippen molar-refractivity contribution in [2.75, 3.05) is 46.7 Å². The molecule has 6 heteroatoms. The van der Waals surface area contributed by atoms with Crippen LogP contribution in [0.3, 0.4) is 0 Å². The monoisotopic (exact) mass is 500 g/mol. The van der Waals surface area contributed by atoms with Crippen molar-refractivity contribution in [3.05, 3.63) is 71.6 Å². The van der Waals surface area contributed by atoms with Crippen LogP contribution in [0.4, 0.5) is 5.69 Å². The minimum absolute atomic E-state index is 0.0298. The molecule has 1 amide bonds. The molecule has 0 N–H and O–H groups in total. The molecule has 2 aliphatic rings. The second-order valence-corrected chi connectivity index (χ2v) is 10.8. The van der Waals surface area contributed by atoms with Gasteiger partial charge in [-0.3, -0.25) is 4.79 Å². The number of ketones is 1. The van der Waals surface area contributed by atoms with Crippen LogP contribution in [0, 0.1) is 0 Å². The van der Waals surface area contributed by atoms with E-state index in [4.69, 9.17) is 0 Å². The average molecular weight is 501 g/mol. The Morgan fingerprint density at radius 3 is 2.36 bits per heavy atom. The van der Waals surface area contributed by atoms with E-state index in [2.05, 4.69) is 51.9 Å². The van der Waals surface area contributed by atoms with Crippen LogP contribution in [0.5, 0.6) is 0 Å². The van der Waals surface area contributed by atoms with Crippen molar-refractivity contribution in [3.63, 3.8) is 0 Å². The van der Waals surface area contributed by atoms with Crippen molar-refractivity contribution < 1.29 is 9.59 Å². The van der Waals surface area contributed by atoms with E-state index in [1.165, 1.54) is 9.58 Å². The zero-order valence-electron chi connectivity index (χ0n) is 22.0. The van der Waals surface area contributed by atoms with Crippen molar-refractivity contribution in [1.29, 1.82) is 0 Å². The predicted octanol–water partition coefficient (Wildman–Crippen LogP) is 5.21. The van der Waals surface area contributed by atoms with E-state index < -0.39 is 0 Å². The lowest BCUT2D eigenvalue weighted by atomic mass is 9.91. The Bertz CT molecular complexity index is 1480. The van der Waals surface area contributed by atoms with Gasteiger partial charge >= 0.3 is 0 Å².